The summed E-state index contributed by atoms with van der Waals surface area (Å²) in [5.41, 5.74) is 6.27. The molecule has 0 saturated heterocycles. The Morgan fingerprint density at radius 2 is 1.60 bits per heavy atom. The first-order chi connectivity index (χ1) is 9.64. The molecule has 2 aromatic carbocycles. The van der Waals surface area contributed by atoms with Crippen molar-refractivity contribution in [2.45, 2.75) is 39.0 Å². The topological polar surface area (TPSA) is 17.1 Å². The number of rotatable bonds is 3. The second kappa shape index (κ2) is 4.59. The molecule has 0 bridgehead atoms. The van der Waals surface area contributed by atoms with Gasteiger partial charge in [0, 0.05) is 11.0 Å². The molecule has 20 heavy (non-hydrogen) atoms. The molecule has 0 saturated carbocycles. The fraction of sp³-hybridized carbons (Fsp3) is 0.316. The molecule has 3 rings (SSSR count). The molecular formula is C19H20O. The van der Waals surface area contributed by atoms with Gasteiger partial charge in [-0.15, -0.1) is 0 Å². The van der Waals surface area contributed by atoms with Crippen molar-refractivity contribution in [2.75, 3.05) is 0 Å². The molecule has 1 heteroatoms. The summed E-state index contributed by atoms with van der Waals surface area (Å²) in [6.45, 7) is 6.13. The zero-order valence-corrected chi connectivity index (χ0v) is 12.4. The summed E-state index contributed by atoms with van der Waals surface area (Å²) in [4.78, 5) is 11.7. The van der Waals surface area contributed by atoms with Gasteiger partial charge in [0.25, 0.3) is 0 Å². The molecule has 0 aromatic heterocycles. The molecular weight excluding hydrogens is 244 g/mol. The average Bonchev–Trinajstić information content (AvgIpc) is 2.77. The van der Waals surface area contributed by atoms with Crippen LogP contribution in [0.5, 0.6) is 0 Å². The van der Waals surface area contributed by atoms with Crippen LogP contribution in [-0.2, 0) is 5.41 Å². The minimum Gasteiger partial charge on any atom is -0.295 e. The van der Waals surface area contributed by atoms with E-state index in [4.69, 9.17) is 0 Å². The standard InChI is InChI=1S/C19H20O/c1-4-19(5-2)17-9-7-6-8-15(17)16-11-10-14(13(3)20)12-18(16)19/h6-12H,4-5H2,1-3H3. The Hall–Kier alpha value is -1.89. The SMILES string of the molecule is CCC1(CC)c2ccccc2-c2ccc(C(C)=O)cc21. The quantitative estimate of drug-likeness (QED) is 0.715. The van der Waals surface area contributed by atoms with E-state index in [1.165, 1.54) is 22.3 Å². The third-order valence-electron chi connectivity index (χ3n) is 4.88. The van der Waals surface area contributed by atoms with Gasteiger partial charge < -0.3 is 0 Å². The van der Waals surface area contributed by atoms with Crippen LogP contribution in [-0.4, -0.2) is 5.78 Å². The highest BCUT2D eigenvalue weighted by molar-refractivity contribution is 5.96. The van der Waals surface area contributed by atoms with E-state index in [0.717, 1.165) is 18.4 Å². The van der Waals surface area contributed by atoms with E-state index in [-0.39, 0.29) is 11.2 Å². The molecule has 0 spiro atoms. The van der Waals surface area contributed by atoms with E-state index in [9.17, 15) is 4.79 Å². The summed E-state index contributed by atoms with van der Waals surface area (Å²) in [5, 5.41) is 0. The van der Waals surface area contributed by atoms with E-state index >= 15 is 0 Å². The number of fused-ring (bicyclic) bond motifs is 3. The van der Waals surface area contributed by atoms with Crippen LogP contribution in [0.1, 0.15) is 55.1 Å². The second-order valence-electron chi connectivity index (χ2n) is 5.65. The van der Waals surface area contributed by atoms with Crippen molar-refractivity contribution in [1.29, 1.82) is 0 Å². The highest BCUT2D eigenvalue weighted by Crippen LogP contribution is 2.52. The highest BCUT2D eigenvalue weighted by atomic mass is 16.1. The Balaban J connectivity index is 2.34. The lowest BCUT2D eigenvalue weighted by atomic mass is 9.73. The van der Waals surface area contributed by atoms with Crippen molar-refractivity contribution >= 4 is 5.78 Å². The molecule has 2 aromatic rings. The summed E-state index contributed by atoms with van der Waals surface area (Å²) >= 11 is 0. The Morgan fingerprint density at radius 1 is 0.950 bits per heavy atom. The summed E-state index contributed by atoms with van der Waals surface area (Å²) in [6, 6.07) is 14.9. The molecule has 1 aliphatic rings. The molecule has 0 heterocycles. The van der Waals surface area contributed by atoms with Gasteiger partial charge in [-0.25, -0.2) is 0 Å². The fourth-order valence-electron chi connectivity index (χ4n) is 3.69. The number of ketones is 1. The van der Waals surface area contributed by atoms with Crippen molar-refractivity contribution in [3.8, 4) is 11.1 Å². The molecule has 1 nitrogen and oxygen atoms in total. The Morgan fingerprint density at radius 3 is 2.25 bits per heavy atom. The number of hydrogen-bond donors (Lipinski definition) is 0. The Bertz CT molecular complexity index is 678. The minimum absolute atomic E-state index is 0.0669. The van der Waals surface area contributed by atoms with E-state index in [2.05, 4.69) is 50.2 Å². The number of benzene rings is 2. The maximum atomic E-state index is 11.7. The Labute approximate surface area is 120 Å². The van der Waals surface area contributed by atoms with Crippen LogP contribution < -0.4 is 0 Å². The van der Waals surface area contributed by atoms with Crippen molar-refractivity contribution in [3.05, 3.63) is 59.2 Å². The number of carbonyl (C=O) groups excluding carboxylic acids is 1. The van der Waals surface area contributed by atoms with Crippen LogP contribution in [0.25, 0.3) is 11.1 Å². The molecule has 0 radical (unpaired) electrons. The maximum absolute atomic E-state index is 11.7. The lowest BCUT2D eigenvalue weighted by molar-refractivity contribution is 0.101. The average molecular weight is 264 g/mol. The lowest BCUT2D eigenvalue weighted by Crippen LogP contribution is -2.23. The summed E-state index contributed by atoms with van der Waals surface area (Å²) in [5.74, 6) is 0.143. The van der Waals surface area contributed by atoms with Crippen LogP contribution in [0, 0.1) is 0 Å². The minimum atomic E-state index is 0.0669. The summed E-state index contributed by atoms with van der Waals surface area (Å²) in [6.07, 6.45) is 2.13. The zero-order chi connectivity index (χ0) is 14.3. The largest absolute Gasteiger partial charge is 0.295 e. The summed E-state index contributed by atoms with van der Waals surface area (Å²) in [7, 11) is 0. The van der Waals surface area contributed by atoms with Crippen LogP contribution in [0.3, 0.4) is 0 Å². The molecule has 0 aliphatic heterocycles. The van der Waals surface area contributed by atoms with Crippen LogP contribution in [0.4, 0.5) is 0 Å². The first-order valence-electron chi connectivity index (χ1n) is 7.39. The fourth-order valence-corrected chi connectivity index (χ4v) is 3.69. The molecule has 0 N–H and O–H groups in total. The van der Waals surface area contributed by atoms with E-state index < -0.39 is 0 Å². The molecule has 0 amide bonds. The van der Waals surface area contributed by atoms with Crippen LogP contribution in [0.2, 0.25) is 0 Å². The highest BCUT2D eigenvalue weighted by Gasteiger charge is 2.40. The third-order valence-corrected chi connectivity index (χ3v) is 4.88. The van der Waals surface area contributed by atoms with E-state index in [1.807, 2.05) is 6.07 Å². The van der Waals surface area contributed by atoms with Gasteiger partial charge in [0.15, 0.2) is 5.78 Å². The van der Waals surface area contributed by atoms with Gasteiger partial charge in [-0.3, -0.25) is 4.79 Å². The number of Topliss-reactive ketones (excluding diaryl/α,β-unsaturated/α-hetero) is 1. The number of hydrogen-bond acceptors (Lipinski definition) is 1. The first kappa shape index (κ1) is 13.1. The maximum Gasteiger partial charge on any atom is 0.159 e. The third kappa shape index (κ3) is 1.59. The zero-order valence-electron chi connectivity index (χ0n) is 12.4. The monoisotopic (exact) mass is 264 g/mol. The molecule has 0 unspecified atom stereocenters. The van der Waals surface area contributed by atoms with E-state index in [1.54, 1.807) is 6.92 Å². The van der Waals surface area contributed by atoms with Crippen molar-refractivity contribution in [2.24, 2.45) is 0 Å². The van der Waals surface area contributed by atoms with Crippen LogP contribution in [0.15, 0.2) is 42.5 Å². The van der Waals surface area contributed by atoms with Gasteiger partial charge in [0.1, 0.15) is 0 Å². The predicted molar refractivity (Wildman–Crippen MR) is 83.2 cm³/mol. The molecule has 0 atom stereocenters. The van der Waals surface area contributed by atoms with Gasteiger partial charge in [0.2, 0.25) is 0 Å². The van der Waals surface area contributed by atoms with Gasteiger partial charge in [-0.2, -0.15) is 0 Å². The van der Waals surface area contributed by atoms with Gasteiger partial charge >= 0.3 is 0 Å². The molecule has 1 aliphatic carbocycles. The van der Waals surface area contributed by atoms with Gasteiger partial charge in [-0.1, -0.05) is 50.2 Å². The van der Waals surface area contributed by atoms with Crippen molar-refractivity contribution in [1.82, 2.24) is 0 Å². The first-order valence-corrected chi connectivity index (χ1v) is 7.39. The van der Waals surface area contributed by atoms with Gasteiger partial charge in [0.05, 0.1) is 0 Å². The molecule has 102 valence electrons. The second-order valence-corrected chi connectivity index (χ2v) is 5.65. The predicted octanol–water partition coefficient (Wildman–Crippen LogP) is 4.98. The van der Waals surface area contributed by atoms with Crippen LogP contribution >= 0.6 is 0 Å². The van der Waals surface area contributed by atoms with Crippen molar-refractivity contribution in [3.63, 3.8) is 0 Å². The summed E-state index contributed by atoms with van der Waals surface area (Å²) < 4.78 is 0. The Kier molecular flexibility index (Phi) is 3.01. The lowest BCUT2D eigenvalue weighted by Gasteiger charge is -2.29. The number of carbonyl (C=O) groups is 1. The molecule has 0 fully saturated rings. The normalized spacial score (nSPS) is 14.8. The van der Waals surface area contributed by atoms with E-state index in [0.29, 0.717) is 0 Å². The van der Waals surface area contributed by atoms with Crippen molar-refractivity contribution < 1.29 is 4.79 Å². The van der Waals surface area contributed by atoms with Gasteiger partial charge in [-0.05, 0) is 48.1 Å². The smallest absolute Gasteiger partial charge is 0.159 e.